The van der Waals surface area contributed by atoms with Crippen LogP contribution in [0.4, 0.5) is 0 Å². The van der Waals surface area contributed by atoms with E-state index in [0.717, 1.165) is 0 Å². The average Bonchev–Trinajstić information content (AvgIpc) is 2.53. The van der Waals surface area contributed by atoms with Gasteiger partial charge in [0.2, 0.25) is 0 Å². The molecular formula is C15H16Cl2N2O4. The van der Waals surface area contributed by atoms with Crippen molar-refractivity contribution in [2.75, 3.05) is 26.2 Å². The number of ether oxygens (including phenoxy) is 1. The molecular weight excluding hydrogens is 343 g/mol. The van der Waals surface area contributed by atoms with E-state index in [2.05, 4.69) is 0 Å². The van der Waals surface area contributed by atoms with Crippen LogP contribution in [0.5, 0.6) is 5.75 Å². The molecule has 124 valence electrons. The molecule has 2 amide bonds. The number of nitrogens with zero attached hydrogens (tertiary/aromatic N) is 2. The Morgan fingerprint density at radius 2 is 1.70 bits per heavy atom. The standard InChI is InChI=1S/C15H16Cl2N2O4/c1-10(20)23-12-4-2-3-11(9-12)14(21)18-5-7-19(8-6-18)15(22)13(16)17/h2-4,9,13H,5-8H2,1H3. The van der Waals surface area contributed by atoms with E-state index in [0.29, 0.717) is 37.5 Å². The summed E-state index contributed by atoms with van der Waals surface area (Å²) in [6.45, 7) is 2.84. The number of piperazine rings is 1. The first kappa shape index (κ1) is 17.6. The lowest BCUT2D eigenvalue weighted by Crippen LogP contribution is -2.51. The third-order valence-electron chi connectivity index (χ3n) is 3.41. The van der Waals surface area contributed by atoms with Gasteiger partial charge in [-0.05, 0) is 18.2 Å². The van der Waals surface area contributed by atoms with E-state index in [9.17, 15) is 14.4 Å². The molecule has 1 aliphatic heterocycles. The van der Waals surface area contributed by atoms with Crippen molar-refractivity contribution >= 4 is 41.0 Å². The lowest BCUT2D eigenvalue weighted by atomic mass is 10.1. The summed E-state index contributed by atoms with van der Waals surface area (Å²) >= 11 is 11.1. The Kier molecular flexibility index (Phi) is 5.85. The summed E-state index contributed by atoms with van der Waals surface area (Å²) in [4.78, 5) is 37.2. The molecule has 0 bridgehead atoms. The van der Waals surface area contributed by atoms with Crippen molar-refractivity contribution in [1.29, 1.82) is 0 Å². The Morgan fingerprint density at radius 3 is 2.26 bits per heavy atom. The lowest BCUT2D eigenvalue weighted by molar-refractivity contribution is -0.132. The SMILES string of the molecule is CC(=O)Oc1cccc(C(=O)N2CCN(C(=O)C(Cl)Cl)CC2)c1. The number of benzene rings is 1. The molecule has 1 aliphatic rings. The van der Waals surface area contributed by atoms with Crippen molar-refractivity contribution < 1.29 is 19.1 Å². The third kappa shape index (κ3) is 4.59. The van der Waals surface area contributed by atoms with Gasteiger partial charge in [-0.2, -0.15) is 0 Å². The molecule has 0 unspecified atom stereocenters. The van der Waals surface area contributed by atoms with Gasteiger partial charge in [-0.15, -0.1) is 0 Å². The summed E-state index contributed by atoms with van der Waals surface area (Å²) in [5, 5.41) is 0. The van der Waals surface area contributed by atoms with Crippen LogP contribution < -0.4 is 4.74 Å². The number of carbonyl (C=O) groups excluding carboxylic acids is 3. The van der Waals surface area contributed by atoms with Gasteiger partial charge >= 0.3 is 5.97 Å². The maximum absolute atomic E-state index is 12.5. The highest BCUT2D eigenvalue weighted by atomic mass is 35.5. The van der Waals surface area contributed by atoms with Crippen LogP contribution in [0.3, 0.4) is 0 Å². The fraction of sp³-hybridized carbons (Fsp3) is 0.400. The van der Waals surface area contributed by atoms with E-state index < -0.39 is 10.8 Å². The minimum Gasteiger partial charge on any atom is -0.427 e. The van der Waals surface area contributed by atoms with Gasteiger partial charge in [0.25, 0.3) is 11.8 Å². The van der Waals surface area contributed by atoms with Gasteiger partial charge in [0.1, 0.15) is 5.75 Å². The first-order valence-electron chi connectivity index (χ1n) is 7.03. The molecule has 0 N–H and O–H groups in total. The molecule has 0 saturated carbocycles. The number of amides is 2. The zero-order valence-corrected chi connectivity index (χ0v) is 14.0. The molecule has 0 radical (unpaired) electrons. The Hall–Kier alpha value is -1.79. The number of hydrogen-bond donors (Lipinski definition) is 0. The van der Waals surface area contributed by atoms with Crippen LogP contribution in [-0.4, -0.2) is 58.6 Å². The van der Waals surface area contributed by atoms with Crippen molar-refractivity contribution in [3.63, 3.8) is 0 Å². The van der Waals surface area contributed by atoms with Gasteiger partial charge < -0.3 is 14.5 Å². The molecule has 1 aromatic carbocycles. The molecule has 0 aromatic heterocycles. The molecule has 6 nitrogen and oxygen atoms in total. The average molecular weight is 359 g/mol. The number of halogens is 2. The summed E-state index contributed by atoms with van der Waals surface area (Å²) in [6.07, 6.45) is 0. The zero-order valence-electron chi connectivity index (χ0n) is 12.5. The summed E-state index contributed by atoms with van der Waals surface area (Å²) in [7, 11) is 0. The van der Waals surface area contributed by atoms with Gasteiger partial charge in [0.15, 0.2) is 4.84 Å². The van der Waals surface area contributed by atoms with E-state index >= 15 is 0 Å². The van der Waals surface area contributed by atoms with Crippen LogP contribution in [0.15, 0.2) is 24.3 Å². The molecule has 0 aliphatic carbocycles. The third-order valence-corrected chi connectivity index (χ3v) is 3.78. The van der Waals surface area contributed by atoms with Gasteiger partial charge in [-0.3, -0.25) is 14.4 Å². The molecule has 8 heteroatoms. The highest BCUT2D eigenvalue weighted by Crippen LogP contribution is 2.17. The Labute approximate surface area is 143 Å². The van der Waals surface area contributed by atoms with Crippen LogP contribution >= 0.6 is 23.2 Å². The Balaban J connectivity index is 2.00. The molecule has 1 fully saturated rings. The van der Waals surface area contributed by atoms with E-state index in [4.69, 9.17) is 27.9 Å². The van der Waals surface area contributed by atoms with Crippen LogP contribution in [0.2, 0.25) is 0 Å². The fourth-order valence-corrected chi connectivity index (χ4v) is 2.59. The van der Waals surface area contributed by atoms with E-state index in [1.54, 1.807) is 23.1 Å². The maximum atomic E-state index is 12.5. The lowest BCUT2D eigenvalue weighted by Gasteiger charge is -2.35. The molecule has 1 aromatic rings. The number of carbonyl (C=O) groups is 3. The van der Waals surface area contributed by atoms with Gasteiger partial charge in [0, 0.05) is 38.7 Å². The topological polar surface area (TPSA) is 66.9 Å². The number of esters is 1. The molecule has 23 heavy (non-hydrogen) atoms. The van der Waals surface area contributed by atoms with Gasteiger partial charge in [0.05, 0.1) is 0 Å². The normalized spacial score (nSPS) is 14.8. The number of alkyl halides is 2. The second-order valence-corrected chi connectivity index (χ2v) is 6.14. The molecule has 1 heterocycles. The molecule has 2 rings (SSSR count). The first-order chi connectivity index (χ1) is 10.9. The predicted molar refractivity (Wildman–Crippen MR) is 85.7 cm³/mol. The van der Waals surface area contributed by atoms with E-state index in [-0.39, 0.29) is 11.8 Å². The second kappa shape index (κ2) is 7.66. The highest BCUT2D eigenvalue weighted by molar-refractivity contribution is 6.53. The summed E-state index contributed by atoms with van der Waals surface area (Å²) in [5.74, 6) is -0.653. The summed E-state index contributed by atoms with van der Waals surface area (Å²) < 4.78 is 4.98. The van der Waals surface area contributed by atoms with Crippen LogP contribution in [0.1, 0.15) is 17.3 Å². The summed E-state index contributed by atoms with van der Waals surface area (Å²) in [6, 6.07) is 6.43. The van der Waals surface area contributed by atoms with Gasteiger partial charge in [-0.25, -0.2) is 0 Å². The van der Waals surface area contributed by atoms with Crippen LogP contribution in [0.25, 0.3) is 0 Å². The van der Waals surface area contributed by atoms with E-state index in [1.807, 2.05) is 0 Å². The first-order valence-corrected chi connectivity index (χ1v) is 7.90. The van der Waals surface area contributed by atoms with Crippen molar-refractivity contribution in [2.24, 2.45) is 0 Å². The van der Waals surface area contributed by atoms with Crippen LogP contribution in [-0.2, 0) is 9.59 Å². The van der Waals surface area contributed by atoms with Crippen molar-refractivity contribution in [3.8, 4) is 5.75 Å². The zero-order chi connectivity index (χ0) is 17.0. The number of rotatable bonds is 3. The van der Waals surface area contributed by atoms with Crippen LogP contribution in [0, 0.1) is 0 Å². The van der Waals surface area contributed by atoms with E-state index in [1.165, 1.54) is 17.9 Å². The predicted octanol–water partition coefficient (Wildman–Crippen LogP) is 1.70. The molecule has 1 saturated heterocycles. The molecule has 0 spiro atoms. The molecule has 0 atom stereocenters. The highest BCUT2D eigenvalue weighted by Gasteiger charge is 2.27. The summed E-state index contributed by atoms with van der Waals surface area (Å²) in [5.41, 5.74) is 0.427. The number of hydrogen-bond acceptors (Lipinski definition) is 4. The smallest absolute Gasteiger partial charge is 0.308 e. The minimum atomic E-state index is -1.09. The largest absolute Gasteiger partial charge is 0.427 e. The quantitative estimate of drug-likeness (QED) is 0.468. The second-order valence-electron chi connectivity index (χ2n) is 5.04. The maximum Gasteiger partial charge on any atom is 0.308 e. The van der Waals surface area contributed by atoms with Gasteiger partial charge in [-0.1, -0.05) is 29.3 Å². The monoisotopic (exact) mass is 358 g/mol. The van der Waals surface area contributed by atoms with Crippen molar-refractivity contribution in [2.45, 2.75) is 11.8 Å². The van der Waals surface area contributed by atoms with Crippen molar-refractivity contribution in [3.05, 3.63) is 29.8 Å². The minimum absolute atomic E-state index is 0.181. The fourth-order valence-electron chi connectivity index (χ4n) is 2.31. The Morgan fingerprint density at radius 1 is 1.09 bits per heavy atom. The van der Waals surface area contributed by atoms with Crippen molar-refractivity contribution in [1.82, 2.24) is 9.80 Å². The Bertz CT molecular complexity index is 613.